The van der Waals surface area contributed by atoms with E-state index < -0.39 is 0 Å². The van der Waals surface area contributed by atoms with E-state index in [1.165, 1.54) is 7.11 Å². The van der Waals surface area contributed by atoms with Gasteiger partial charge in [-0.25, -0.2) is 0 Å². The average Bonchev–Trinajstić information content (AvgIpc) is 2.19. The molecule has 1 unspecified atom stereocenters. The van der Waals surface area contributed by atoms with E-state index in [0.29, 0.717) is 11.7 Å². The Labute approximate surface area is 83.2 Å². The van der Waals surface area contributed by atoms with Gasteiger partial charge in [-0.2, -0.15) is 0 Å². The zero-order valence-electron chi connectivity index (χ0n) is 8.41. The van der Waals surface area contributed by atoms with Gasteiger partial charge in [-0.1, -0.05) is 6.92 Å². The van der Waals surface area contributed by atoms with Gasteiger partial charge in [0.15, 0.2) is 5.76 Å². The van der Waals surface area contributed by atoms with Gasteiger partial charge in [-0.3, -0.25) is 9.79 Å². The van der Waals surface area contributed by atoms with Crippen LogP contribution in [0.4, 0.5) is 0 Å². The first-order valence-corrected chi connectivity index (χ1v) is 4.79. The number of ketones is 1. The van der Waals surface area contributed by atoms with Gasteiger partial charge in [0.1, 0.15) is 0 Å². The number of carbonyl (C=O) groups is 1. The maximum Gasteiger partial charge on any atom is 0.220 e. The third-order valence-electron chi connectivity index (χ3n) is 2.69. The summed E-state index contributed by atoms with van der Waals surface area (Å²) in [6.45, 7) is 2.97. The van der Waals surface area contributed by atoms with Gasteiger partial charge in [0.05, 0.1) is 12.8 Å². The largest absolute Gasteiger partial charge is 0.493 e. The van der Waals surface area contributed by atoms with E-state index in [1.54, 1.807) is 12.2 Å². The fraction of sp³-hybridized carbons (Fsp3) is 0.455. The highest BCUT2D eigenvalue weighted by Crippen LogP contribution is 2.26. The average molecular weight is 191 g/mol. The number of ether oxygens (including phenoxy) is 1. The number of fused-ring (bicyclic) bond motifs is 1. The molecule has 0 amide bonds. The Morgan fingerprint density at radius 3 is 3.00 bits per heavy atom. The van der Waals surface area contributed by atoms with Crippen LogP contribution in [0.3, 0.4) is 0 Å². The molecule has 2 aliphatic rings. The van der Waals surface area contributed by atoms with Crippen LogP contribution in [0, 0.1) is 5.92 Å². The number of rotatable bonds is 1. The molecule has 0 bridgehead atoms. The normalized spacial score (nSPS) is 26.0. The fourth-order valence-electron chi connectivity index (χ4n) is 1.79. The number of carbonyl (C=O) groups excluding carboxylic acids is 1. The zero-order valence-corrected chi connectivity index (χ0v) is 8.41. The van der Waals surface area contributed by atoms with E-state index >= 15 is 0 Å². The van der Waals surface area contributed by atoms with Gasteiger partial charge in [0.2, 0.25) is 5.78 Å². The third-order valence-corrected chi connectivity index (χ3v) is 2.69. The quantitative estimate of drug-likeness (QED) is 0.589. The van der Waals surface area contributed by atoms with Crippen molar-refractivity contribution >= 4 is 11.5 Å². The summed E-state index contributed by atoms with van der Waals surface area (Å²) in [4.78, 5) is 15.9. The first-order chi connectivity index (χ1) is 6.72. The molecule has 14 heavy (non-hydrogen) atoms. The van der Waals surface area contributed by atoms with Crippen LogP contribution in [0.1, 0.15) is 13.3 Å². The standard InChI is InChI=1S/C11H13NO2/c1-7-3-4-12-9-6-11(14-2)10(13)5-8(7)9/h5-7H,3-4H2,1-2H3. The Morgan fingerprint density at radius 2 is 2.29 bits per heavy atom. The second kappa shape index (κ2) is 3.40. The summed E-state index contributed by atoms with van der Waals surface area (Å²) in [5, 5.41) is 0. The summed E-state index contributed by atoms with van der Waals surface area (Å²) in [5.74, 6) is 0.776. The first kappa shape index (κ1) is 9.19. The molecule has 1 heterocycles. The maximum absolute atomic E-state index is 11.5. The summed E-state index contributed by atoms with van der Waals surface area (Å²) in [7, 11) is 1.51. The first-order valence-electron chi connectivity index (χ1n) is 4.79. The van der Waals surface area contributed by atoms with Crippen LogP contribution in [-0.2, 0) is 9.53 Å². The van der Waals surface area contributed by atoms with E-state index in [9.17, 15) is 4.79 Å². The van der Waals surface area contributed by atoms with E-state index in [2.05, 4.69) is 11.9 Å². The molecule has 1 atom stereocenters. The molecule has 0 N–H and O–H groups in total. The van der Waals surface area contributed by atoms with Gasteiger partial charge in [0, 0.05) is 12.6 Å². The van der Waals surface area contributed by atoms with Crippen LogP contribution in [0.2, 0.25) is 0 Å². The molecule has 0 spiro atoms. The van der Waals surface area contributed by atoms with Crippen LogP contribution >= 0.6 is 0 Å². The Morgan fingerprint density at radius 1 is 1.50 bits per heavy atom. The Bertz CT molecular complexity index is 363. The summed E-state index contributed by atoms with van der Waals surface area (Å²) in [6.07, 6.45) is 4.42. The SMILES string of the molecule is COC1=CC2=NCCC(C)C2=CC1=O. The van der Waals surface area contributed by atoms with Crippen LogP contribution in [0.15, 0.2) is 28.5 Å². The van der Waals surface area contributed by atoms with Crippen molar-refractivity contribution < 1.29 is 9.53 Å². The molecule has 3 heteroatoms. The van der Waals surface area contributed by atoms with Gasteiger partial charge < -0.3 is 4.74 Å². The Hall–Kier alpha value is -1.38. The molecule has 74 valence electrons. The smallest absolute Gasteiger partial charge is 0.220 e. The second-order valence-corrected chi connectivity index (χ2v) is 3.63. The molecule has 0 aromatic rings. The van der Waals surface area contributed by atoms with Crippen LogP contribution < -0.4 is 0 Å². The Balaban J connectivity index is 2.40. The number of hydrogen-bond donors (Lipinski definition) is 0. The number of aliphatic imine (C=N–C) groups is 1. The summed E-state index contributed by atoms with van der Waals surface area (Å²) >= 11 is 0. The van der Waals surface area contributed by atoms with Gasteiger partial charge in [-0.15, -0.1) is 0 Å². The summed E-state index contributed by atoms with van der Waals surface area (Å²) in [5.41, 5.74) is 1.97. The molecule has 0 fully saturated rings. The van der Waals surface area contributed by atoms with Crippen molar-refractivity contribution in [3.63, 3.8) is 0 Å². The van der Waals surface area contributed by atoms with Crippen molar-refractivity contribution in [3.8, 4) is 0 Å². The van der Waals surface area contributed by atoms with Crippen molar-refractivity contribution in [2.75, 3.05) is 13.7 Å². The van der Waals surface area contributed by atoms with Crippen molar-refractivity contribution in [2.24, 2.45) is 10.9 Å². The molecule has 1 aliphatic carbocycles. The maximum atomic E-state index is 11.5. The molecule has 0 aromatic heterocycles. The van der Waals surface area contributed by atoms with Crippen molar-refractivity contribution in [3.05, 3.63) is 23.5 Å². The van der Waals surface area contributed by atoms with Crippen LogP contribution in [0.5, 0.6) is 0 Å². The molecular weight excluding hydrogens is 178 g/mol. The topological polar surface area (TPSA) is 38.7 Å². The summed E-state index contributed by atoms with van der Waals surface area (Å²) < 4.78 is 4.97. The summed E-state index contributed by atoms with van der Waals surface area (Å²) in [6, 6.07) is 0. The Kier molecular flexibility index (Phi) is 2.23. The third kappa shape index (κ3) is 1.39. The minimum Gasteiger partial charge on any atom is -0.493 e. The highest BCUT2D eigenvalue weighted by molar-refractivity contribution is 6.21. The molecule has 0 saturated carbocycles. The molecule has 3 nitrogen and oxygen atoms in total. The van der Waals surface area contributed by atoms with Crippen molar-refractivity contribution in [1.82, 2.24) is 0 Å². The number of hydrogen-bond acceptors (Lipinski definition) is 3. The van der Waals surface area contributed by atoms with E-state index in [1.807, 2.05) is 0 Å². The van der Waals surface area contributed by atoms with E-state index in [-0.39, 0.29) is 5.78 Å². The minimum atomic E-state index is -0.0461. The van der Waals surface area contributed by atoms with Crippen LogP contribution in [-0.4, -0.2) is 25.1 Å². The number of nitrogens with zero attached hydrogens (tertiary/aromatic N) is 1. The molecule has 0 radical (unpaired) electrons. The monoisotopic (exact) mass is 191 g/mol. The van der Waals surface area contributed by atoms with Gasteiger partial charge in [-0.05, 0) is 24.0 Å². The zero-order chi connectivity index (χ0) is 10.1. The lowest BCUT2D eigenvalue weighted by Crippen LogP contribution is -2.22. The predicted octanol–water partition coefficient (Wildman–Crippen LogP) is 1.51. The minimum absolute atomic E-state index is 0.0461. The molecule has 2 rings (SSSR count). The molecule has 0 saturated heterocycles. The number of allylic oxidation sites excluding steroid dienone is 3. The lowest BCUT2D eigenvalue weighted by Gasteiger charge is -2.23. The molecular formula is C11H13NO2. The van der Waals surface area contributed by atoms with E-state index in [0.717, 1.165) is 24.3 Å². The fourth-order valence-corrected chi connectivity index (χ4v) is 1.79. The lowest BCUT2D eigenvalue weighted by molar-refractivity contribution is -0.114. The van der Waals surface area contributed by atoms with Gasteiger partial charge in [0.25, 0.3) is 0 Å². The van der Waals surface area contributed by atoms with Crippen LogP contribution in [0.25, 0.3) is 0 Å². The highest BCUT2D eigenvalue weighted by atomic mass is 16.5. The van der Waals surface area contributed by atoms with E-state index in [4.69, 9.17) is 4.74 Å². The lowest BCUT2D eigenvalue weighted by atomic mass is 9.87. The van der Waals surface area contributed by atoms with Crippen molar-refractivity contribution in [2.45, 2.75) is 13.3 Å². The molecule has 1 aliphatic heterocycles. The van der Waals surface area contributed by atoms with Gasteiger partial charge >= 0.3 is 0 Å². The number of methoxy groups -OCH3 is 1. The predicted molar refractivity (Wildman–Crippen MR) is 54.3 cm³/mol. The molecule has 0 aromatic carbocycles. The second-order valence-electron chi connectivity index (χ2n) is 3.63. The highest BCUT2D eigenvalue weighted by Gasteiger charge is 2.25. The van der Waals surface area contributed by atoms with Crippen molar-refractivity contribution in [1.29, 1.82) is 0 Å².